The smallest absolute Gasteiger partial charge is 0.241 e. The molecule has 2 aliphatic heterocycles. The maximum absolute atomic E-state index is 5.57. The Morgan fingerprint density at radius 2 is 1.94 bits per heavy atom. The maximum Gasteiger partial charge on any atom is 0.241 e. The summed E-state index contributed by atoms with van der Waals surface area (Å²) in [6, 6.07) is 14.3. The maximum atomic E-state index is 5.57. The Morgan fingerprint density at radius 1 is 1.06 bits per heavy atom. The minimum atomic E-state index is 0.245. The van der Waals surface area contributed by atoms with Gasteiger partial charge in [-0.05, 0) is 43.7 Å². The summed E-state index contributed by atoms with van der Waals surface area (Å²) < 4.78 is 21.9. The lowest BCUT2D eigenvalue weighted by molar-refractivity contribution is 0.174. The van der Waals surface area contributed by atoms with Crippen molar-refractivity contribution in [3.63, 3.8) is 0 Å². The first-order valence-corrected chi connectivity index (χ1v) is 10.6. The van der Waals surface area contributed by atoms with E-state index in [9.17, 15) is 0 Å². The number of hydrogen-bond donors (Lipinski definition) is 0. The average Bonchev–Trinajstić information content (AvgIpc) is 3.43. The van der Waals surface area contributed by atoms with Crippen LogP contribution in [0.25, 0.3) is 11.4 Å². The molecular weight excluding hydrogens is 396 g/mol. The normalized spacial score (nSPS) is 18.8. The van der Waals surface area contributed by atoms with Crippen molar-refractivity contribution < 1.29 is 18.7 Å². The van der Waals surface area contributed by atoms with Gasteiger partial charge in [-0.15, -0.1) is 0 Å². The number of ether oxygens (including phenoxy) is 3. The second kappa shape index (κ2) is 8.47. The molecule has 3 aromatic rings. The summed E-state index contributed by atoms with van der Waals surface area (Å²) in [7, 11) is 1.72. The van der Waals surface area contributed by atoms with E-state index >= 15 is 0 Å². The number of fused-ring (bicyclic) bond motifs is 1. The number of para-hydroxylation sites is 2. The van der Waals surface area contributed by atoms with Gasteiger partial charge in [0.1, 0.15) is 5.75 Å². The molecular formula is C23H26N4O4. The molecule has 5 rings (SSSR count). The molecule has 3 heterocycles. The fourth-order valence-electron chi connectivity index (χ4n) is 4.12. The molecule has 162 valence electrons. The van der Waals surface area contributed by atoms with Gasteiger partial charge in [-0.3, -0.25) is 4.90 Å². The van der Waals surface area contributed by atoms with Gasteiger partial charge in [0.05, 0.1) is 19.3 Å². The molecule has 8 nitrogen and oxygen atoms in total. The molecule has 0 spiro atoms. The minimum absolute atomic E-state index is 0.245. The summed E-state index contributed by atoms with van der Waals surface area (Å²) in [6.45, 7) is 5.91. The Hall–Kier alpha value is -3.26. The summed E-state index contributed by atoms with van der Waals surface area (Å²) in [5, 5.41) is 4.18. The number of rotatable bonds is 5. The Balaban J connectivity index is 1.27. The van der Waals surface area contributed by atoms with Crippen LogP contribution in [0.1, 0.15) is 19.2 Å². The average molecular weight is 422 g/mol. The molecule has 2 aliphatic rings. The molecule has 1 aromatic heterocycles. The SMILES string of the molecule is COc1ccccc1N1CC[C@H](C)N(Cc2nc(-c3ccc4c(c3)OCO4)no2)CC1. The topological polar surface area (TPSA) is 73.1 Å². The molecule has 1 atom stereocenters. The summed E-state index contributed by atoms with van der Waals surface area (Å²) in [6.07, 6.45) is 1.04. The third-order valence-electron chi connectivity index (χ3n) is 5.96. The highest BCUT2D eigenvalue weighted by Crippen LogP contribution is 2.35. The first-order valence-electron chi connectivity index (χ1n) is 10.6. The number of aromatic nitrogens is 2. The lowest BCUT2D eigenvalue weighted by Crippen LogP contribution is -2.34. The molecule has 2 aromatic carbocycles. The van der Waals surface area contributed by atoms with E-state index in [1.54, 1.807) is 7.11 Å². The molecule has 0 saturated carbocycles. The van der Waals surface area contributed by atoms with Gasteiger partial charge in [0.15, 0.2) is 11.5 Å². The van der Waals surface area contributed by atoms with Crippen molar-refractivity contribution in [3.05, 3.63) is 48.4 Å². The highest BCUT2D eigenvalue weighted by atomic mass is 16.7. The van der Waals surface area contributed by atoms with Crippen LogP contribution >= 0.6 is 0 Å². The van der Waals surface area contributed by atoms with Crippen molar-refractivity contribution in [2.45, 2.75) is 25.9 Å². The van der Waals surface area contributed by atoms with E-state index in [0.717, 1.165) is 48.8 Å². The van der Waals surface area contributed by atoms with Crippen LogP contribution in [0.2, 0.25) is 0 Å². The monoisotopic (exact) mass is 422 g/mol. The van der Waals surface area contributed by atoms with Crippen LogP contribution in [-0.2, 0) is 6.54 Å². The number of methoxy groups -OCH3 is 1. The lowest BCUT2D eigenvalue weighted by Gasteiger charge is -2.25. The molecule has 31 heavy (non-hydrogen) atoms. The van der Waals surface area contributed by atoms with E-state index < -0.39 is 0 Å². The quantitative estimate of drug-likeness (QED) is 0.618. The lowest BCUT2D eigenvalue weighted by atomic mass is 10.2. The zero-order valence-corrected chi connectivity index (χ0v) is 17.8. The molecule has 8 heteroatoms. The molecule has 0 radical (unpaired) electrons. The van der Waals surface area contributed by atoms with Crippen LogP contribution < -0.4 is 19.1 Å². The van der Waals surface area contributed by atoms with Gasteiger partial charge in [0.25, 0.3) is 0 Å². The summed E-state index contributed by atoms with van der Waals surface area (Å²) in [5.74, 6) is 3.54. The number of hydrogen-bond acceptors (Lipinski definition) is 8. The zero-order valence-electron chi connectivity index (χ0n) is 17.8. The van der Waals surface area contributed by atoms with Crippen molar-refractivity contribution in [2.24, 2.45) is 0 Å². The zero-order chi connectivity index (χ0) is 21.2. The van der Waals surface area contributed by atoms with Crippen LogP contribution in [-0.4, -0.2) is 54.6 Å². The molecule has 0 N–H and O–H groups in total. The number of benzene rings is 2. The largest absolute Gasteiger partial charge is 0.495 e. The standard InChI is InChI=1S/C23H26N4O4/c1-16-9-10-26(18-5-3-4-6-19(18)28-2)11-12-27(16)14-22-24-23(25-31-22)17-7-8-20-21(13-17)30-15-29-20/h3-8,13,16H,9-12,14-15H2,1-2H3/t16-/m0/s1. The van der Waals surface area contributed by atoms with Crippen molar-refractivity contribution in [1.82, 2.24) is 15.0 Å². The van der Waals surface area contributed by atoms with E-state index in [1.807, 2.05) is 30.3 Å². The molecule has 0 amide bonds. The van der Waals surface area contributed by atoms with E-state index in [-0.39, 0.29) is 6.79 Å². The van der Waals surface area contributed by atoms with Gasteiger partial charge in [-0.2, -0.15) is 4.98 Å². The van der Waals surface area contributed by atoms with E-state index in [2.05, 4.69) is 39.0 Å². The van der Waals surface area contributed by atoms with Crippen molar-refractivity contribution in [2.75, 3.05) is 38.4 Å². The summed E-state index contributed by atoms with van der Waals surface area (Å²) in [5.41, 5.74) is 1.99. The fraction of sp³-hybridized carbons (Fsp3) is 0.391. The Bertz CT molecular complexity index is 1050. The predicted molar refractivity (Wildman–Crippen MR) is 116 cm³/mol. The van der Waals surface area contributed by atoms with Crippen LogP contribution in [0.4, 0.5) is 5.69 Å². The number of nitrogens with zero attached hydrogens (tertiary/aromatic N) is 4. The summed E-state index contributed by atoms with van der Waals surface area (Å²) in [4.78, 5) is 9.41. The Morgan fingerprint density at radius 3 is 2.84 bits per heavy atom. The molecule has 0 aliphatic carbocycles. The number of anilines is 1. The van der Waals surface area contributed by atoms with Crippen molar-refractivity contribution in [3.8, 4) is 28.6 Å². The van der Waals surface area contributed by atoms with Crippen LogP contribution in [0.15, 0.2) is 47.0 Å². The minimum Gasteiger partial charge on any atom is -0.495 e. The fourth-order valence-corrected chi connectivity index (χ4v) is 4.12. The van der Waals surface area contributed by atoms with Crippen molar-refractivity contribution >= 4 is 5.69 Å². The van der Waals surface area contributed by atoms with E-state index in [0.29, 0.717) is 30.1 Å². The third kappa shape index (κ3) is 4.03. The van der Waals surface area contributed by atoms with E-state index in [4.69, 9.17) is 18.7 Å². The third-order valence-corrected chi connectivity index (χ3v) is 5.96. The van der Waals surface area contributed by atoms with Gasteiger partial charge in [-0.25, -0.2) is 0 Å². The molecule has 0 unspecified atom stereocenters. The molecule has 1 saturated heterocycles. The van der Waals surface area contributed by atoms with Crippen LogP contribution in [0.3, 0.4) is 0 Å². The van der Waals surface area contributed by atoms with Crippen molar-refractivity contribution in [1.29, 1.82) is 0 Å². The van der Waals surface area contributed by atoms with E-state index in [1.165, 1.54) is 0 Å². The van der Waals surface area contributed by atoms with Gasteiger partial charge >= 0.3 is 0 Å². The highest BCUT2D eigenvalue weighted by Gasteiger charge is 2.24. The van der Waals surface area contributed by atoms with Gasteiger partial charge in [0, 0.05) is 31.2 Å². The second-order valence-electron chi connectivity index (χ2n) is 7.85. The van der Waals surface area contributed by atoms with Crippen LogP contribution in [0.5, 0.6) is 17.2 Å². The first-order chi connectivity index (χ1) is 15.2. The van der Waals surface area contributed by atoms with Crippen LogP contribution in [0, 0.1) is 0 Å². The van der Waals surface area contributed by atoms with Gasteiger partial charge in [0.2, 0.25) is 18.5 Å². The predicted octanol–water partition coefficient (Wildman–Crippen LogP) is 3.57. The Labute approximate surface area is 181 Å². The van der Waals surface area contributed by atoms with Gasteiger partial charge in [-0.1, -0.05) is 17.3 Å². The molecule has 1 fully saturated rings. The molecule has 0 bridgehead atoms. The summed E-state index contributed by atoms with van der Waals surface area (Å²) >= 11 is 0. The van der Waals surface area contributed by atoms with Gasteiger partial charge < -0.3 is 23.6 Å². The second-order valence-corrected chi connectivity index (χ2v) is 7.85. The Kier molecular flexibility index (Phi) is 5.38. The highest BCUT2D eigenvalue weighted by molar-refractivity contribution is 5.61. The first kappa shape index (κ1) is 19.7.